The van der Waals surface area contributed by atoms with Gasteiger partial charge >= 0.3 is 5.97 Å². The minimum absolute atomic E-state index is 0.357. The first-order valence-electron chi connectivity index (χ1n) is 2.12. The predicted octanol–water partition coefficient (Wildman–Crippen LogP) is 1.48. The lowest BCUT2D eigenvalue weighted by molar-refractivity contribution is -0.133. The van der Waals surface area contributed by atoms with Crippen molar-refractivity contribution in [2.24, 2.45) is 0 Å². The van der Waals surface area contributed by atoms with Gasteiger partial charge in [0.15, 0.2) is 0 Å². The molecule has 0 radical (unpaired) electrons. The first-order chi connectivity index (χ1) is 3.31. The Kier molecular flexibility index (Phi) is 3.80. The van der Waals surface area contributed by atoms with E-state index in [9.17, 15) is 4.79 Å². The molecule has 0 spiro atoms. The monoisotopic (exact) mass is 122 g/mol. The highest BCUT2D eigenvalue weighted by atomic mass is 35.5. The van der Waals surface area contributed by atoms with Crippen molar-refractivity contribution in [1.82, 2.24) is 0 Å². The van der Waals surface area contributed by atoms with Crippen molar-refractivity contribution in [2.75, 3.05) is 0 Å². The summed E-state index contributed by atoms with van der Waals surface area (Å²) in [5.41, 5.74) is 0. The van der Waals surface area contributed by atoms with Crippen molar-refractivity contribution in [3.8, 4) is 0 Å². The van der Waals surface area contributed by atoms with E-state index in [1.807, 2.05) is 6.92 Å². The molecular formula is C4H7ClO2. The van der Waals surface area contributed by atoms with Crippen LogP contribution in [0.3, 0.4) is 0 Å². The molecule has 0 aromatic rings. The molecule has 0 aliphatic heterocycles. The molecule has 0 saturated heterocycles. The number of halogens is 1. The van der Waals surface area contributed by atoms with Gasteiger partial charge in [0.05, 0.1) is 0 Å². The standard InChI is InChI=1S/C4H7ClO2/c1-2-3-4(6)7-5/h2-3H2,1H3. The minimum atomic E-state index is -0.357. The number of rotatable bonds is 2. The molecule has 0 rings (SSSR count). The van der Waals surface area contributed by atoms with Crippen LogP contribution in [0.15, 0.2) is 0 Å². The Hall–Kier alpha value is -0.240. The molecule has 0 fully saturated rings. The van der Waals surface area contributed by atoms with Crippen LogP contribution in [0.1, 0.15) is 19.8 Å². The Morgan fingerprint density at radius 2 is 2.43 bits per heavy atom. The van der Waals surface area contributed by atoms with Crippen LogP contribution in [0.4, 0.5) is 0 Å². The molecule has 0 unspecified atom stereocenters. The first-order valence-corrected chi connectivity index (χ1v) is 2.43. The van der Waals surface area contributed by atoms with Crippen molar-refractivity contribution in [3.05, 3.63) is 0 Å². The van der Waals surface area contributed by atoms with E-state index in [-0.39, 0.29) is 5.97 Å². The Balaban J connectivity index is 3.00. The summed E-state index contributed by atoms with van der Waals surface area (Å²) in [6, 6.07) is 0. The maximum atomic E-state index is 10.1. The van der Waals surface area contributed by atoms with E-state index < -0.39 is 0 Å². The summed E-state index contributed by atoms with van der Waals surface area (Å²) in [7, 11) is 0. The lowest BCUT2D eigenvalue weighted by atomic mass is 10.4. The smallest absolute Gasteiger partial charge is 0.324 e. The normalized spacial score (nSPS) is 8.29. The van der Waals surface area contributed by atoms with Crippen molar-refractivity contribution < 1.29 is 9.08 Å². The van der Waals surface area contributed by atoms with Gasteiger partial charge in [-0.3, -0.25) is 4.79 Å². The van der Waals surface area contributed by atoms with Gasteiger partial charge in [0, 0.05) is 6.42 Å². The molecule has 7 heavy (non-hydrogen) atoms. The van der Waals surface area contributed by atoms with Gasteiger partial charge in [-0.2, -0.15) is 0 Å². The summed E-state index contributed by atoms with van der Waals surface area (Å²) in [6.45, 7) is 1.88. The molecule has 2 nitrogen and oxygen atoms in total. The number of hydrogen-bond acceptors (Lipinski definition) is 2. The zero-order valence-electron chi connectivity index (χ0n) is 4.11. The van der Waals surface area contributed by atoms with Crippen molar-refractivity contribution in [1.29, 1.82) is 0 Å². The fourth-order valence-corrected chi connectivity index (χ4v) is 0.320. The van der Waals surface area contributed by atoms with Crippen molar-refractivity contribution in [2.45, 2.75) is 19.8 Å². The molecule has 0 heterocycles. The second-order valence-electron chi connectivity index (χ2n) is 1.20. The van der Waals surface area contributed by atoms with Crippen LogP contribution >= 0.6 is 11.9 Å². The van der Waals surface area contributed by atoms with Crippen LogP contribution in [0.25, 0.3) is 0 Å². The fraction of sp³-hybridized carbons (Fsp3) is 0.750. The maximum absolute atomic E-state index is 10.1. The third-order valence-corrected chi connectivity index (χ3v) is 0.712. The van der Waals surface area contributed by atoms with E-state index >= 15 is 0 Å². The first kappa shape index (κ1) is 6.76. The molecule has 0 bridgehead atoms. The fourth-order valence-electron chi connectivity index (χ4n) is 0.243. The number of hydrogen-bond donors (Lipinski definition) is 0. The van der Waals surface area contributed by atoms with Gasteiger partial charge in [-0.15, -0.1) is 0 Å². The largest absolute Gasteiger partial charge is 0.348 e. The van der Waals surface area contributed by atoms with Gasteiger partial charge < -0.3 is 4.29 Å². The molecule has 0 amide bonds. The summed E-state index contributed by atoms with van der Waals surface area (Å²) in [4.78, 5) is 10.1. The average molecular weight is 123 g/mol. The van der Waals surface area contributed by atoms with Gasteiger partial charge in [0.2, 0.25) is 0 Å². The SMILES string of the molecule is CCCC(=O)OCl. The zero-order chi connectivity index (χ0) is 5.70. The van der Waals surface area contributed by atoms with E-state index in [1.54, 1.807) is 0 Å². The van der Waals surface area contributed by atoms with E-state index in [1.165, 1.54) is 0 Å². The van der Waals surface area contributed by atoms with Crippen LogP contribution in [0.5, 0.6) is 0 Å². The third-order valence-electron chi connectivity index (χ3n) is 0.540. The molecule has 0 atom stereocenters. The Morgan fingerprint density at radius 1 is 1.86 bits per heavy atom. The summed E-state index contributed by atoms with van der Waals surface area (Å²) in [5.74, 6) is -0.357. The Morgan fingerprint density at radius 3 is 2.57 bits per heavy atom. The topological polar surface area (TPSA) is 26.3 Å². The second-order valence-corrected chi connectivity index (χ2v) is 1.35. The number of carbonyl (C=O) groups excluding carboxylic acids is 1. The highest BCUT2D eigenvalue weighted by Crippen LogP contribution is 1.91. The lowest BCUT2D eigenvalue weighted by Gasteiger charge is -1.86. The van der Waals surface area contributed by atoms with Crippen molar-refractivity contribution >= 4 is 17.8 Å². The van der Waals surface area contributed by atoms with Gasteiger partial charge in [-0.1, -0.05) is 6.92 Å². The van der Waals surface area contributed by atoms with E-state index in [0.29, 0.717) is 6.42 Å². The molecule has 42 valence electrons. The van der Waals surface area contributed by atoms with E-state index in [2.05, 4.69) is 16.2 Å². The molecule has 0 saturated carbocycles. The average Bonchev–Trinajstić information content (AvgIpc) is 1.68. The Labute approximate surface area is 47.6 Å². The molecule has 0 aromatic carbocycles. The molecule has 3 heteroatoms. The highest BCUT2D eigenvalue weighted by Gasteiger charge is 1.95. The molecule has 0 aromatic heterocycles. The quantitative estimate of drug-likeness (QED) is 0.555. The van der Waals surface area contributed by atoms with Crippen LogP contribution in [-0.2, 0) is 9.08 Å². The molecular weight excluding hydrogens is 115 g/mol. The second kappa shape index (κ2) is 3.93. The van der Waals surface area contributed by atoms with Crippen LogP contribution in [0.2, 0.25) is 0 Å². The van der Waals surface area contributed by atoms with E-state index in [4.69, 9.17) is 0 Å². The van der Waals surface area contributed by atoms with Crippen LogP contribution < -0.4 is 0 Å². The van der Waals surface area contributed by atoms with Gasteiger partial charge in [0.25, 0.3) is 0 Å². The lowest BCUT2D eigenvalue weighted by Crippen LogP contribution is -1.93. The van der Waals surface area contributed by atoms with Crippen LogP contribution in [0, 0.1) is 0 Å². The van der Waals surface area contributed by atoms with Gasteiger partial charge in [-0.25, -0.2) is 0 Å². The Bertz CT molecular complexity index is 62.7. The molecule has 0 aliphatic carbocycles. The third kappa shape index (κ3) is 3.59. The summed E-state index contributed by atoms with van der Waals surface area (Å²) in [5, 5.41) is 0. The van der Waals surface area contributed by atoms with Gasteiger partial charge in [-0.05, 0) is 6.42 Å². The van der Waals surface area contributed by atoms with Crippen molar-refractivity contribution in [3.63, 3.8) is 0 Å². The predicted molar refractivity (Wildman–Crippen MR) is 26.9 cm³/mol. The van der Waals surface area contributed by atoms with Gasteiger partial charge in [0.1, 0.15) is 11.9 Å². The summed E-state index contributed by atoms with van der Waals surface area (Å²) >= 11 is 4.68. The summed E-state index contributed by atoms with van der Waals surface area (Å²) < 4.78 is 3.82. The minimum Gasteiger partial charge on any atom is -0.348 e. The van der Waals surface area contributed by atoms with E-state index in [0.717, 1.165) is 6.42 Å². The molecule has 0 N–H and O–H groups in total. The maximum Gasteiger partial charge on any atom is 0.324 e. The summed E-state index contributed by atoms with van der Waals surface area (Å²) in [6.07, 6.45) is 1.19. The number of carbonyl (C=O) groups is 1. The van der Waals surface area contributed by atoms with Crippen LogP contribution in [-0.4, -0.2) is 5.97 Å². The zero-order valence-corrected chi connectivity index (χ0v) is 4.86. The molecule has 0 aliphatic rings. The highest BCUT2D eigenvalue weighted by molar-refractivity contribution is 6.13.